The molecule has 0 fully saturated rings. The molecule has 0 saturated heterocycles. The molecule has 2 amide bonds. The number of amides is 2. The Hall–Kier alpha value is -2.89. The Balaban J connectivity index is 1.77. The molecular formula is C19H23N5O. The summed E-state index contributed by atoms with van der Waals surface area (Å²) in [6, 6.07) is 9.93. The first-order valence-corrected chi connectivity index (χ1v) is 8.26. The number of hydrogen-bond donors (Lipinski definition) is 1. The average molecular weight is 337 g/mol. The zero-order chi connectivity index (χ0) is 18.1. The highest BCUT2D eigenvalue weighted by Crippen LogP contribution is 2.22. The van der Waals surface area contributed by atoms with Gasteiger partial charge in [0.25, 0.3) is 0 Å². The lowest BCUT2D eigenvalue weighted by Gasteiger charge is -2.25. The van der Waals surface area contributed by atoms with Crippen molar-refractivity contribution in [3.05, 3.63) is 53.3 Å². The maximum atomic E-state index is 12.6. The van der Waals surface area contributed by atoms with Crippen molar-refractivity contribution in [1.82, 2.24) is 19.7 Å². The van der Waals surface area contributed by atoms with E-state index in [1.807, 2.05) is 27.0 Å². The van der Waals surface area contributed by atoms with E-state index >= 15 is 0 Å². The second kappa shape index (κ2) is 6.55. The van der Waals surface area contributed by atoms with Crippen molar-refractivity contribution >= 4 is 22.8 Å². The van der Waals surface area contributed by atoms with Gasteiger partial charge in [-0.25, -0.2) is 9.78 Å². The van der Waals surface area contributed by atoms with E-state index in [9.17, 15) is 4.79 Å². The highest BCUT2D eigenvalue weighted by atomic mass is 16.2. The topological polar surface area (TPSA) is 63.1 Å². The van der Waals surface area contributed by atoms with Crippen LogP contribution >= 0.6 is 0 Å². The smallest absolute Gasteiger partial charge is 0.321 e. The van der Waals surface area contributed by atoms with Gasteiger partial charge in [0.15, 0.2) is 5.65 Å². The molecule has 1 unspecified atom stereocenters. The molecule has 3 rings (SSSR count). The Morgan fingerprint density at radius 1 is 1.24 bits per heavy atom. The Morgan fingerprint density at radius 3 is 2.60 bits per heavy atom. The van der Waals surface area contributed by atoms with Gasteiger partial charge in [-0.1, -0.05) is 29.8 Å². The molecule has 1 N–H and O–H groups in total. The highest BCUT2D eigenvalue weighted by Gasteiger charge is 2.18. The standard InChI is InChI=1S/C19H23N5O/c1-12-6-8-15(9-7-12)14(3)23(4)19(25)21-16-10-17-13(2)22-24(5)18(17)20-11-16/h6-11,14H,1-5H3,(H,21,25). The van der Waals surface area contributed by atoms with E-state index in [0.29, 0.717) is 5.69 Å². The molecule has 2 aromatic heterocycles. The number of aromatic nitrogens is 3. The minimum Gasteiger partial charge on any atom is -0.321 e. The van der Waals surface area contributed by atoms with Gasteiger partial charge in [-0.15, -0.1) is 0 Å². The molecule has 0 bridgehead atoms. The van der Waals surface area contributed by atoms with Gasteiger partial charge in [0, 0.05) is 19.5 Å². The van der Waals surface area contributed by atoms with E-state index in [2.05, 4.69) is 46.6 Å². The molecule has 6 nitrogen and oxygen atoms in total. The summed E-state index contributed by atoms with van der Waals surface area (Å²) in [4.78, 5) is 18.7. The van der Waals surface area contributed by atoms with Gasteiger partial charge in [0.1, 0.15) is 0 Å². The fourth-order valence-corrected chi connectivity index (χ4v) is 2.83. The molecule has 0 aliphatic heterocycles. The Kier molecular flexibility index (Phi) is 4.44. The van der Waals surface area contributed by atoms with Crippen molar-refractivity contribution < 1.29 is 4.79 Å². The van der Waals surface area contributed by atoms with E-state index < -0.39 is 0 Å². The summed E-state index contributed by atoms with van der Waals surface area (Å²) in [5, 5.41) is 8.21. The number of rotatable bonds is 3. The summed E-state index contributed by atoms with van der Waals surface area (Å²) in [5.74, 6) is 0. The number of carbonyl (C=O) groups is 1. The highest BCUT2D eigenvalue weighted by molar-refractivity contribution is 5.92. The predicted octanol–water partition coefficient (Wildman–Crippen LogP) is 3.81. The number of aryl methyl sites for hydroxylation is 3. The molecule has 0 aliphatic rings. The molecule has 25 heavy (non-hydrogen) atoms. The van der Waals surface area contributed by atoms with Crippen LogP contribution in [0.5, 0.6) is 0 Å². The van der Waals surface area contributed by atoms with Crippen molar-refractivity contribution in [3.8, 4) is 0 Å². The van der Waals surface area contributed by atoms with E-state index in [1.165, 1.54) is 5.56 Å². The van der Waals surface area contributed by atoms with E-state index in [0.717, 1.165) is 22.3 Å². The second-order valence-electron chi connectivity index (χ2n) is 6.43. The number of nitrogens with zero attached hydrogens (tertiary/aromatic N) is 4. The van der Waals surface area contributed by atoms with Crippen molar-refractivity contribution in [2.24, 2.45) is 7.05 Å². The Labute approximate surface area is 147 Å². The van der Waals surface area contributed by atoms with Gasteiger partial charge in [-0.3, -0.25) is 4.68 Å². The minimum atomic E-state index is -0.171. The lowest BCUT2D eigenvalue weighted by atomic mass is 10.1. The van der Waals surface area contributed by atoms with E-state index in [4.69, 9.17) is 0 Å². The zero-order valence-corrected chi connectivity index (χ0v) is 15.2. The van der Waals surface area contributed by atoms with Gasteiger partial charge < -0.3 is 10.2 Å². The summed E-state index contributed by atoms with van der Waals surface area (Å²) in [6.07, 6.45) is 1.66. The lowest BCUT2D eigenvalue weighted by molar-refractivity contribution is 0.208. The van der Waals surface area contributed by atoms with E-state index in [-0.39, 0.29) is 12.1 Å². The molecule has 2 heterocycles. The number of fused-ring (bicyclic) bond motifs is 1. The van der Waals surface area contributed by atoms with Crippen LogP contribution in [0.2, 0.25) is 0 Å². The molecule has 3 aromatic rings. The van der Waals surface area contributed by atoms with Crippen LogP contribution in [0.25, 0.3) is 11.0 Å². The van der Waals surface area contributed by atoms with Crippen LogP contribution < -0.4 is 5.32 Å². The molecule has 1 aromatic carbocycles. The number of urea groups is 1. The Morgan fingerprint density at radius 2 is 1.92 bits per heavy atom. The summed E-state index contributed by atoms with van der Waals surface area (Å²) >= 11 is 0. The summed E-state index contributed by atoms with van der Waals surface area (Å²) in [7, 11) is 3.65. The van der Waals surface area contributed by atoms with Crippen LogP contribution in [0.1, 0.15) is 29.8 Å². The summed E-state index contributed by atoms with van der Waals surface area (Å²) in [5.41, 5.74) is 4.66. The normalized spacial score (nSPS) is 12.2. The third-order valence-electron chi connectivity index (χ3n) is 4.58. The minimum absolute atomic E-state index is 0.0302. The van der Waals surface area contributed by atoms with Gasteiger partial charge >= 0.3 is 6.03 Å². The molecule has 6 heteroatoms. The van der Waals surface area contributed by atoms with Crippen LogP contribution in [-0.2, 0) is 7.05 Å². The van der Waals surface area contributed by atoms with Crippen molar-refractivity contribution in [2.45, 2.75) is 26.8 Å². The molecule has 0 radical (unpaired) electrons. The maximum Gasteiger partial charge on any atom is 0.322 e. The van der Waals surface area contributed by atoms with Crippen LogP contribution in [0.4, 0.5) is 10.5 Å². The summed E-state index contributed by atoms with van der Waals surface area (Å²) in [6.45, 7) is 5.99. The zero-order valence-electron chi connectivity index (χ0n) is 15.2. The average Bonchev–Trinajstić information content (AvgIpc) is 2.88. The van der Waals surface area contributed by atoms with Crippen LogP contribution in [0, 0.1) is 13.8 Å². The monoisotopic (exact) mass is 337 g/mol. The number of nitrogens with one attached hydrogen (secondary N) is 1. The van der Waals surface area contributed by atoms with Crippen molar-refractivity contribution in [2.75, 3.05) is 12.4 Å². The maximum absolute atomic E-state index is 12.6. The van der Waals surface area contributed by atoms with Crippen molar-refractivity contribution in [3.63, 3.8) is 0 Å². The largest absolute Gasteiger partial charge is 0.322 e. The number of benzene rings is 1. The molecular weight excluding hydrogens is 314 g/mol. The van der Waals surface area contributed by atoms with E-state index in [1.54, 1.807) is 22.8 Å². The quantitative estimate of drug-likeness (QED) is 0.790. The van der Waals surface area contributed by atoms with Crippen LogP contribution in [0.3, 0.4) is 0 Å². The second-order valence-corrected chi connectivity index (χ2v) is 6.43. The Bertz CT molecular complexity index is 913. The first-order chi connectivity index (χ1) is 11.9. The number of pyridine rings is 1. The SMILES string of the molecule is Cc1ccc(C(C)N(C)C(=O)Nc2cnc3c(c2)c(C)nn3C)cc1. The van der Waals surface area contributed by atoms with Gasteiger partial charge in [0.2, 0.25) is 0 Å². The molecule has 1 atom stereocenters. The lowest BCUT2D eigenvalue weighted by Crippen LogP contribution is -2.33. The van der Waals surface area contributed by atoms with Crippen molar-refractivity contribution in [1.29, 1.82) is 0 Å². The third-order valence-corrected chi connectivity index (χ3v) is 4.58. The van der Waals surface area contributed by atoms with Gasteiger partial charge in [0.05, 0.1) is 23.6 Å². The number of carbonyl (C=O) groups excluding carboxylic acids is 1. The summed E-state index contributed by atoms with van der Waals surface area (Å²) < 4.78 is 1.74. The number of anilines is 1. The molecule has 0 aliphatic carbocycles. The fourth-order valence-electron chi connectivity index (χ4n) is 2.83. The van der Waals surface area contributed by atoms with Gasteiger partial charge in [-0.05, 0) is 32.4 Å². The fraction of sp³-hybridized carbons (Fsp3) is 0.316. The third kappa shape index (κ3) is 3.33. The van der Waals surface area contributed by atoms with Gasteiger partial charge in [-0.2, -0.15) is 5.10 Å². The molecule has 130 valence electrons. The molecule has 0 spiro atoms. The van der Waals surface area contributed by atoms with Crippen LogP contribution in [0.15, 0.2) is 36.5 Å². The number of hydrogen-bond acceptors (Lipinski definition) is 3. The van der Waals surface area contributed by atoms with Crippen LogP contribution in [-0.4, -0.2) is 32.7 Å². The first kappa shape index (κ1) is 17.0. The first-order valence-electron chi connectivity index (χ1n) is 8.26. The molecule has 0 saturated carbocycles. The predicted molar refractivity (Wildman–Crippen MR) is 99.6 cm³/mol.